The average molecular weight is 312 g/mol. The third kappa shape index (κ3) is 3.24. The number of Topliss-reactive ketones (excluding diaryl/α,β-unsaturated/α-hetero) is 1. The van der Waals surface area contributed by atoms with Crippen molar-refractivity contribution < 1.29 is 19.1 Å². The van der Waals surface area contributed by atoms with Gasteiger partial charge >= 0.3 is 5.97 Å². The SMILES string of the molecule is COC(=O)c1nc(N2CCCC(C)(OC)C2)sc1C(C)=O. The number of hydrogen-bond acceptors (Lipinski definition) is 7. The maximum Gasteiger partial charge on any atom is 0.358 e. The molecule has 0 amide bonds. The maximum atomic E-state index is 11.7. The molecule has 0 saturated carbocycles. The Morgan fingerprint density at radius 2 is 2.10 bits per heavy atom. The molecule has 1 saturated heterocycles. The molecule has 1 fully saturated rings. The van der Waals surface area contributed by atoms with Crippen LogP contribution in [0.3, 0.4) is 0 Å². The fourth-order valence-corrected chi connectivity index (χ4v) is 3.43. The quantitative estimate of drug-likeness (QED) is 0.627. The Morgan fingerprint density at radius 3 is 2.67 bits per heavy atom. The van der Waals surface area contributed by atoms with Gasteiger partial charge in [-0.3, -0.25) is 4.79 Å². The van der Waals surface area contributed by atoms with Crippen LogP contribution in [0.5, 0.6) is 0 Å². The van der Waals surface area contributed by atoms with Crippen LogP contribution in [0.15, 0.2) is 0 Å². The fourth-order valence-electron chi connectivity index (χ4n) is 2.45. The number of ether oxygens (including phenoxy) is 2. The molecule has 0 aromatic carbocycles. The van der Waals surface area contributed by atoms with E-state index >= 15 is 0 Å². The highest BCUT2D eigenvalue weighted by atomic mass is 32.1. The standard InChI is InChI=1S/C14H20N2O4S/c1-9(17)11-10(12(18)19-3)15-13(21-11)16-7-5-6-14(2,8-16)20-4/h5-8H2,1-4H3. The Hall–Kier alpha value is -1.47. The lowest BCUT2D eigenvalue weighted by molar-refractivity contribution is -0.00466. The summed E-state index contributed by atoms with van der Waals surface area (Å²) in [4.78, 5) is 30.2. The van der Waals surface area contributed by atoms with Gasteiger partial charge in [-0.1, -0.05) is 11.3 Å². The van der Waals surface area contributed by atoms with Crippen LogP contribution in [0.1, 0.15) is 46.8 Å². The van der Waals surface area contributed by atoms with E-state index in [4.69, 9.17) is 9.47 Å². The van der Waals surface area contributed by atoms with E-state index in [1.165, 1.54) is 25.4 Å². The molecule has 1 aromatic rings. The highest BCUT2D eigenvalue weighted by Gasteiger charge is 2.33. The molecule has 0 aliphatic carbocycles. The van der Waals surface area contributed by atoms with E-state index in [2.05, 4.69) is 16.8 Å². The Balaban J connectivity index is 2.32. The third-order valence-corrected chi connectivity index (χ3v) is 4.95. The van der Waals surface area contributed by atoms with E-state index in [1.54, 1.807) is 7.11 Å². The van der Waals surface area contributed by atoms with Crippen LogP contribution in [0, 0.1) is 0 Å². The number of ketones is 1. The van der Waals surface area contributed by atoms with Gasteiger partial charge in [0.25, 0.3) is 0 Å². The van der Waals surface area contributed by atoms with Crippen LogP contribution in [-0.2, 0) is 9.47 Å². The number of rotatable bonds is 4. The van der Waals surface area contributed by atoms with Crippen molar-refractivity contribution >= 4 is 28.2 Å². The summed E-state index contributed by atoms with van der Waals surface area (Å²) in [6.45, 7) is 5.01. The van der Waals surface area contributed by atoms with E-state index in [-0.39, 0.29) is 17.1 Å². The number of anilines is 1. The van der Waals surface area contributed by atoms with Gasteiger partial charge in [0, 0.05) is 27.1 Å². The molecular weight excluding hydrogens is 292 g/mol. The number of carbonyl (C=O) groups excluding carboxylic acids is 2. The number of aromatic nitrogens is 1. The van der Waals surface area contributed by atoms with Gasteiger partial charge in [0.2, 0.25) is 0 Å². The van der Waals surface area contributed by atoms with E-state index < -0.39 is 5.97 Å². The highest BCUT2D eigenvalue weighted by molar-refractivity contribution is 7.17. The molecule has 2 heterocycles. The zero-order chi connectivity index (χ0) is 15.6. The average Bonchev–Trinajstić information content (AvgIpc) is 2.92. The second-order valence-corrected chi connectivity index (χ2v) is 6.38. The number of esters is 1. The fraction of sp³-hybridized carbons (Fsp3) is 0.643. The molecule has 0 spiro atoms. The molecule has 6 nitrogen and oxygen atoms in total. The number of hydrogen-bond donors (Lipinski definition) is 0. The largest absolute Gasteiger partial charge is 0.464 e. The second kappa shape index (κ2) is 6.11. The first-order chi connectivity index (χ1) is 9.90. The third-order valence-electron chi connectivity index (χ3n) is 3.74. The number of piperidine rings is 1. The normalized spacial score (nSPS) is 22.2. The zero-order valence-electron chi connectivity index (χ0n) is 12.8. The van der Waals surface area contributed by atoms with Crippen LogP contribution >= 0.6 is 11.3 Å². The minimum absolute atomic E-state index is 0.106. The highest BCUT2D eigenvalue weighted by Crippen LogP contribution is 2.32. The summed E-state index contributed by atoms with van der Waals surface area (Å²) < 4.78 is 10.3. The molecule has 1 aliphatic heterocycles. The molecule has 21 heavy (non-hydrogen) atoms. The molecule has 7 heteroatoms. The van der Waals surface area contributed by atoms with E-state index in [9.17, 15) is 9.59 Å². The van der Waals surface area contributed by atoms with Gasteiger partial charge in [0.05, 0.1) is 12.7 Å². The number of thiazole rings is 1. The number of methoxy groups -OCH3 is 2. The van der Waals surface area contributed by atoms with Crippen molar-refractivity contribution in [3.8, 4) is 0 Å². The lowest BCUT2D eigenvalue weighted by Crippen LogP contribution is -2.47. The van der Waals surface area contributed by atoms with Gasteiger partial charge in [0.15, 0.2) is 16.6 Å². The van der Waals surface area contributed by atoms with Crippen LogP contribution in [0.25, 0.3) is 0 Å². The molecule has 0 N–H and O–H groups in total. The van der Waals surface area contributed by atoms with E-state index in [0.29, 0.717) is 16.6 Å². The predicted molar refractivity (Wildman–Crippen MR) is 80.3 cm³/mol. The first-order valence-corrected chi connectivity index (χ1v) is 7.62. The predicted octanol–water partition coefficient (Wildman–Crippen LogP) is 2.14. The van der Waals surface area contributed by atoms with Crippen LogP contribution in [0.2, 0.25) is 0 Å². The molecule has 116 valence electrons. The summed E-state index contributed by atoms with van der Waals surface area (Å²) in [5.41, 5.74) is -0.124. The minimum Gasteiger partial charge on any atom is -0.464 e. The lowest BCUT2D eigenvalue weighted by Gasteiger charge is -2.39. The summed E-state index contributed by atoms with van der Waals surface area (Å²) in [5, 5.41) is 0.670. The Bertz CT molecular complexity index is 557. The van der Waals surface area contributed by atoms with Crippen LogP contribution in [-0.4, -0.2) is 49.6 Å². The smallest absolute Gasteiger partial charge is 0.358 e. The summed E-state index contributed by atoms with van der Waals surface area (Å²) in [6, 6.07) is 0. The summed E-state index contributed by atoms with van der Waals surface area (Å²) in [7, 11) is 2.99. The van der Waals surface area contributed by atoms with Crippen LogP contribution in [0.4, 0.5) is 5.13 Å². The maximum absolute atomic E-state index is 11.7. The van der Waals surface area contributed by atoms with Crippen molar-refractivity contribution in [1.29, 1.82) is 0 Å². The zero-order valence-corrected chi connectivity index (χ0v) is 13.6. The van der Waals surface area contributed by atoms with Gasteiger partial charge in [-0.2, -0.15) is 0 Å². The molecule has 1 aromatic heterocycles. The number of carbonyl (C=O) groups is 2. The minimum atomic E-state index is -0.575. The monoisotopic (exact) mass is 312 g/mol. The summed E-state index contributed by atoms with van der Waals surface area (Å²) >= 11 is 1.24. The van der Waals surface area contributed by atoms with Crippen molar-refractivity contribution in [2.24, 2.45) is 0 Å². The van der Waals surface area contributed by atoms with Crippen molar-refractivity contribution in [2.45, 2.75) is 32.3 Å². The Labute approximate surface area is 128 Å². The summed E-state index contributed by atoms with van der Waals surface area (Å²) in [5.74, 6) is -0.750. The first kappa shape index (κ1) is 15.9. The van der Waals surface area contributed by atoms with Gasteiger partial charge in [-0.25, -0.2) is 9.78 Å². The molecule has 2 rings (SSSR count). The molecule has 0 bridgehead atoms. The van der Waals surface area contributed by atoms with E-state index in [0.717, 1.165) is 19.4 Å². The molecule has 0 radical (unpaired) electrons. The van der Waals surface area contributed by atoms with Gasteiger partial charge in [-0.05, 0) is 19.8 Å². The molecule has 1 atom stereocenters. The number of nitrogens with zero attached hydrogens (tertiary/aromatic N) is 2. The topological polar surface area (TPSA) is 68.7 Å². The van der Waals surface area contributed by atoms with Crippen molar-refractivity contribution in [1.82, 2.24) is 4.98 Å². The van der Waals surface area contributed by atoms with Crippen LogP contribution < -0.4 is 4.90 Å². The Morgan fingerprint density at radius 1 is 1.38 bits per heavy atom. The first-order valence-electron chi connectivity index (χ1n) is 6.80. The molecule has 1 aliphatic rings. The Kier molecular flexibility index (Phi) is 4.63. The van der Waals surface area contributed by atoms with Gasteiger partial charge in [-0.15, -0.1) is 0 Å². The van der Waals surface area contributed by atoms with Crippen molar-refractivity contribution in [3.63, 3.8) is 0 Å². The van der Waals surface area contributed by atoms with Gasteiger partial charge < -0.3 is 14.4 Å². The second-order valence-electron chi connectivity index (χ2n) is 5.40. The van der Waals surface area contributed by atoms with Crippen molar-refractivity contribution in [2.75, 3.05) is 32.2 Å². The molecule has 1 unspecified atom stereocenters. The summed E-state index contributed by atoms with van der Waals surface area (Å²) in [6.07, 6.45) is 1.96. The molecular formula is C14H20N2O4S. The van der Waals surface area contributed by atoms with Crippen molar-refractivity contribution in [3.05, 3.63) is 10.6 Å². The lowest BCUT2D eigenvalue weighted by atomic mass is 9.95. The van der Waals surface area contributed by atoms with Gasteiger partial charge in [0.1, 0.15) is 4.88 Å². The van der Waals surface area contributed by atoms with E-state index in [1.807, 2.05) is 0 Å².